The highest BCUT2D eigenvalue weighted by Gasteiger charge is 2.39. The molecule has 0 saturated carbocycles. The maximum atomic E-state index is 13.1. The van der Waals surface area contributed by atoms with E-state index in [0.29, 0.717) is 17.4 Å². The van der Waals surface area contributed by atoms with Crippen LogP contribution in [-0.4, -0.2) is 33.7 Å². The summed E-state index contributed by atoms with van der Waals surface area (Å²) in [5.41, 5.74) is 0.602. The molecule has 0 spiro atoms. The van der Waals surface area contributed by atoms with Crippen molar-refractivity contribution in [2.75, 3.05) is 11.9 Å². The molecular weight excluding hydrogens is 427 g/mol. The fourth-order valence-corrected chi connectivity index (χ4v) is 4.36. The van der Waals surface area contributed by atoms with E-state index < -0.39 is 22.9 Å². The number of halogens is 3. The van der Waals surface area contributed by atoms with Crippen molar-refractivity contribution >= 4 is 40.1 Å². The summed E-state index contributed by atoms with van der Waals surface area (Å²) < 4.78 is 39.4. The fraction of sp³-hybridized carbons (Fsp3) is 0.318. The van der Waals surface area contributed by atoms with Gasteiger partial charge < -0.3 is 5.32 Å². The average molecular weight is 449 g/mol. The highest BCUT2D eigenvalue weighted by atomic mass is 32.2. The summed E-state index contributed by atoms with van der Waals surface area (Å²) in [5, 5.41) is 2.02. The van der Waals surface area contributed by atoms with E-state index in [0.717, 1.165) is 24.2 Å². The first-order valence-electron chi connectivity index (χ1n) is 9.84. The number of benzene rings is 2. The van der Waals surface area contributed by atoms with Gasteiger partial charge >= 0.3 is 6.18 Å². The summed E-state index contributed by atoms with van der Waals surface area (Å²) in [5.74, 6) is -0.942. The number of carbonyl (C=O) groups is 2. The van der Waals surface area contributed by atoms with Gasteiger partial charge in [-0.05, 0) is 43.2 Å². The second-order valence-corrected chi connectivity index (χ2v) is 8.07. The number of hydrogen-bond donors (Lipinski definition) is 1. The number of nitrogens with one attached hydrogen (secondary N) is 1. The Balaban J connectivity index is 1.73. The molecule has 1 fully saturated rings. The number of amidine groups is 1. The van der Waals surface area contributed by atoms with E-state index in [1.165, 1.54) is 28.7 Å². The first kappa shape index (κ1) is 22.9. The van der Waals surface area contributed by atoms with Crippen molar-refractivity contribution in [3.8, 4) is 0 Å². The molecule has 3 rings (SSSR count). The van der Waals surface area contributed by atoms with Gasteiger partial charge in [-0.3, -0.25) is 14.5 Å². The number of carbonyl (C=O) groups excluding carboxylic acids is 2. The van der Waals surface area contributed by atoms with Gasteiger partial charge in [0.25, 0.3) is 0 Å². The number of hydrogen-bond acceptors (Lipinski definition) is 4. The third-order valence-corrected chi connectivity index (χ3v) is 5.96. The van der Waals surface area contributed by atoms with Gasteiger partial charge in [0.05, 0.1) is 16.9 Å². The normalized spacial score (nSPS) is 18.0. The van der Waals surface area contributed by atoms with Crippen molar-refractivity contribution in [2.24, 2.45) is 4.99 Å². The van der Waals surface area contributed by atoms with Crippen LogP contribution in [0.3, 0.4) is 0 Å². The summed E-state index contributed by atoms with van der Waals surface area (Å²) in [6.07, 6.45) is -3.94. The SMILES string of the molecule is CCc1ccc(N=C2SC(CC(=O)Nc3ccccc3C(F)(F)F)C(=O)N2CC)cc1. The van der Waals surface area contributed by atoms with Crippen molar-refractivity contribution in [1.82, 2.24) is 4.90 Å². The molecule has 1 heterocycles. The predicted molar refractivity (Wildman–Crippen MR) is 116 cm³/mol. The molecule has 31 heavy (non-hydrogen) atoms. The largest absolute Gasteiger partial charge is 0.418 e. The molecular formula is C22H22F3N3O2S. The number of aliphatic imine (C=N–C) groups is 1. The molecule has 1 aliphatic rings. The topological polar surface area (TPSA) is 61.8 Å². The van der Waals surface area contributed by atoms with E-state index in [1.54, 1.807) is 6.92 Å². The standard InChI is InChI=1S/C22H22F3N3O2S/c1-3-14-9-11-15(12-10-14)26-21-28(4-2)20(30)18(31-21)13-19(29)27-17-8-6-5-7-16(17)22(23,24)25/h5-12,18H,3-4,13H2,1-2H3,(H,27,29). The Morgan fingerprint density at radius 2 is 1.81 bits per heavy atom. The maximum Gasteiger partial charge on any atom is 0.418 e. The number of nitrogens with zero attached hydrogens (tertiary/aromatic N) is 2. The second-order valence-electron chi connectivity index (χ2n) is 6.90. The monoisotopic (exact) mass is 449 g/mol. The Bertz CT molecular complexity index is 990. The van der Waals surface area contributed by atoms with Gasteiger partial charge in [-0.2, -0.15) is 13.2 Å². The minimum absolute atomic E-state index is 0.250. The van der Waals surface area contributed by atoms with Crippen molar-refractivity contribution in [3.05, 3.63) is 59.7 Å². The number of amides is 2. The minimum Gasteiger partial charge on any atom is -0.325 e. The Kier molecular flexibility index (Phi) is 7.04. The van der Waals surface area contributed by atoms with Gasteiger partial charge in [0, 0.05) is 13.0 Å². The Hall–Kier alpha value is -2.81. The highest BCUT2D eigenvalue weighted by Crippen LogP contribution is 2.35. The molecule has 1 saturated heterocycles. The van der Waals surface area contributed by atoms with E-state index in [9.17, 15) is 22.8 Å². The van der Waals surface area contributed by atoms with Gasteiger partial charge in [-0.15, -0.1) is 0 Å². The summed E-state index contributed by atoms with van der Waals surface area (Å²) in [6.45, 7) is 4.23. The zero-order valence-corrected chi connectivity index (χ0v) is 17.9. The van der Waals surface area contributed by atoms with Gasteiger partial charge in [0.1, 0.15) is 5.25 Å². The molecule has 2 amide bonds. The molecule has 1 N–H and O–H groups in total. The molecule has 2 aromatic carbocycles. The van der Waals surface area contributed by atoms with Crippen LogP contribution in [-0.2, 0) is 22.2 Å². The maximum absolute atomic E-state index is 13.1. The molecule has 0 aromatic heterocycles. The number of anilines is 1. The van der Waals surface area contributed by atoms with Crippen molar-refractivity contribution in [1.29, 1.82) is 0 Å². The molecule has 0 bridgehead atoms. The number of aryl methyl sites for hydroxylation is 1. The summed E-state index contributed by atoms with van der Waals surface area (Å²) in [7, 11) is 0. The smallest absolute Gasteiger partial charge is 0.325 e. The first-order chi connectivity index (χ1) is 14.7. The first-order valence-corrected chi connectivity index (χ1v) is 10.7. The number of para-hydroxylation sites is 1. The summed E-state index contributed by atoms with van der Waals surface area (Å²) in [4.78, 5) is 31.2. The Morgan fingerprint density at radius 3 is 2.42 bits per heavy atom. The van der Waals surface area contributed by atoms with Crippen molar-refractivity contribution < 1.29 is 22.8 Å². The third-order valence-electron chi connectivity index (χ3n) is 4.78. The number of rotatable bonds is 6. The molecule has 1 atom stereocenters. The van der Waals surface area contributed by atoms with Crippen LogP contribution in [0.4, 0.5) is 24.5 Å². The van der Waals surface area contributed by atoms with Crippen molar-refractivity contribution in [2.45, 2.75) is 38.1 Å². The van der Waals surface area contributed by atoms with Crippen LogP contribution in [0.25, 0.3) is 0 Å². The Labute approximate surface area is 182 Å². The lowest BCUT2D eigenvalue weighted by Crippen LogP contribution is -2.33. The van der Waals surface area contributed by atoms with E-state index in [4.69, 9.17) is 0 Å². The van der Waals surface area contributed by atoms with Gasteiger partial charge in [-0.25, -0.2) is 4.99 Å². The van der Waals surface area contributed by atoms with Gasteiger partial charge in [0.15, 0.2) is 5.17 Å². The summed E-state index contributed by atoms with van der Waals surface area (Å²) in [6, 6.07) is 12.4. The molecule has 9 heteroatoms. The van der Waals surface area contributed by atoms with Crippen LogP contribution in [0.1, 0.15) is 31.4 Å². The van der Waals surface area contributed by atoms with Crippen LogP contribution < -0.4 is 5.32 Å². The molecule has 5 nitrogen and oxygen atoms in total. The van der Waals surface area contributed by atoms with Crippen molar-refractivity contribution in [3.63, 3.8) is 0 Å². The van der Waals surface area contributed by atoms with E-state index in [2.05, 4.69) is 10.3 Å². The van der Waals surface area contributed by atoms with E-state index in [1.807, 2.05) is 31.2 Å². The highest BCUT2D eigenvalue weighted by molar-refractivity contribution is 8.15. The third kappa shape index (κ3) is 5.46. The zero-order valence-electron chi connectivity index (χ0n) is 17.1. The molecule has 0 aliphatic carbocycles. The number of alkyl halides is 3. The van der Waals surface area contributed by atoms with Crippen LogP contribution >= 0.6 is 11.8 Å². The summed E-state index contributed by atoms with van der Waals surface area (Å²) >= 11 is 1.15. The van der Waals surface area contributed by atoms with Crippen LogP contribution in [0.5, 0.6) is 0 Å². The van der Waals surface area contributed by atoms with E-state index >= 15 is 0 Å². The lowest BCUT2D eigenvalue weighted by molar-refractivity contribution is -0.137. The lowest BCUT2D eigenvalue weighted by atomic mass is 10.1. The second kappa shape index (κ2) is 9.55. The average Bonchev–Trinajstić information content (AvgIpc) is 3.02. The van der Waals surface area contributed by atoms with Crippen LogP contribution in [0.15, 0.2) is 53.5 Å². The van der Waals surface area contributed by atoms with Crippen LogP contribution in [0.2, 0.25) is 0 Å². The Morgan fingerprint density at radius 1 is 1.13 bits per heavy atom. The molecule has 1 unspecified atom stereocenters. The van der Waals surface area contributed by atoms with Crippen LogP contribution in [0, 0.1) is 0 Å². The lowest BCUT2D eigenvalue weighted by Gasteiger charge is -2.15. The predicted octanol–water partition coefficient (Wildman–Crippen LogP) is 5.25. The van der Waals surface area contributed by atoms with Gasteiger partial charge in [0.2, 0.25) is 11.8 Å². The number of thioether (sulfide) groups is 1. The van der Waals surface area contributed by atoms with E-state index in [-0.39, 0.29) is 18.0 Å². The molecule has 2 aromatic rings. The minimum atomic E-state index is -4.59. The zero-order chi connectivity index (χ0) is 22.6. The molecule has 1 aliphatic heterocycles. The quantitative estimate of drug-likeness (QED) is 0.655. The molecule has 164 valence electrons. The fourth-order valence-electron chi connectivity index (χ4n) is 3.14. The molecule has 0 radical (unpaired) electrons. The van der Waals surface area contributed by atoms with Gasteiger partial charge in [-0.1, -0.05) is 43.0 Å².